The highest BCUT2D eigenvalue weighted by Gasteiger charge is 2.25. The number of amides is 3. The second-order valence-electron chi connectivity index (χ2n) is 3.89. The lowest BCUT2D eigenvalue weighted by Gasteiger charge is -2.27. The first kappa shape index (κ1) is 11.9. The maximum absolute atomic E-state index is 11.6. The van der Waals surface area contributed by atoms with Crippen LogP contribution in [0.2, 0.25) is 5.02 Å². The zero-order chi connectivity index (χ0) is 12.4. The van der Waals surface area contributed by atoms with Crippen LogP contribution in [-0.2, 0) is 11.2 Å². The summed E-state index contributed by atoms with van der Waals surface area (Å²) in [6.07, 6.45) is 1.20. The van der Waals surface area contributed by atoms with Crippen molar-refractivity contribution >= 4 is 29.2 Å². The molecule has 0 aliphatic carbocycles. The maximum Gasteiger partial charge on any atom is 0.328 e. The van der Waals surface area contributed by atoms with Crippen molar-refractivity contribution in [1.29, 1.82) is 0 Å². The van der Waals surface area contributed by atoms with Gasteiger partial charge in [-0.25, -0.2) is 4.79 Å². The van der Waals surface area contributed by atoms with Crippen molar-refractivity contribution in [3.8, 4) is 0 Å². The van der Waals surface area contributed by atoms with Gasteiger partial charge in [0.15, 0.2) is 0 Å². The minimum Gasteiger partial charge on any atom is -0.292 e. The van der Waals surface area contributed by atoms with E-state index < -0.39 is 6.03 Å². The van der Waals surface area contributed by atoms with Gasteiger partial charge in [-0.1, -0.05) is 24.6 Å². The topological polar surface area (TPSA) is 49.4 Å². The molecule has 5 heteroatoms. The van der Waals surface area contributed by atoms with E-state index in [0.29, 0.717) is 23.7 Å². The number of nitrogens with one attached hydrogen (secondary N) is 1. The van der Waals surface area contributed by atoms with Gasteiger partial charge in [-0.15, -0.1) is 0 Å². The summed E-state index contributed by atoms with van der Waals surface area (Å²) in [5.74, 6) is -0.243. The van der Waals surface area contributed by atoms with Crippen LogP contribution >= 0.6 is 11.6 Å². The van der Waals surface area contributed by atoms with E-state index in [1.165, 1.54) is 4.90 Å². The summed E-state index contributed by atoms with van der Waals surface area (Å²) < 4.78 is 0. The molecule has 17 heavy (non-hydrogen) atoms. The molecule has 1 heterocycles. The molecule has 90 valence electrons. The third-order valence-electron chi connectivity index (χ3n) is 2.77. The minimum absolute atomic E-state index is 0.243. The van der Waals surface area contributed by atoms with Crippen molar-refractivity contribution in [2.24, 2.45) is 0 Å². The van der Waals surface area contributed by atoms with Gasteiger partial charge in [0, 0.05) is 13.0 Å². The average Bonchev–Trinajstić information content (AvgIpc) is 2.30. The van der Waals surface area contributed by atoms with E-state index in [9.17, 15) is 9.59 Å². The fraction of sp³-hybridized carbons (Fsp3) is 0.333. The molecule has 1 aliphatic heterocycles. The number of hydrogen-bond acceptors (Lipinski definition) is 2. The highest BCUT2D eigenvalue weighted by molar-refractivity contribution is 6.34. The molecule has 1 N–H and O–H groups in total. The Morgan fingerprint density at radius 2 is 2.18 bits per heavy atom. The summed E-state index contributed by atoms with van der Waals surface area (Å²) in [5.41, 5.74) is 1.76. The molecule has 0 spiro atoms. The fourth-order valence-corrected chi connectivity index (χ4v) is 2.09. The van der Waals surface area contributed by atoms with Crippen LogP contribution in [0.4, 0.5) is 10.5 Å². The average molecular weight is 253 g/mol. The molecular formula is C12H13ClN2O2. The number of benzene rings is 1. The van der Waals surface area contributed by atoms with Crippen LogP contribution < -0.4 is 10.2 Å². The van der Waals surface area contributed by atoms with Crippen molar-refractivity contribution in [2.45, 2.75) is 19.8 Å². The van der Waals surface area contributed by atoms with Crippen molar-refractivity contribution in [2.75, 3.05) is 11.4 Å². The van der Waals surface area contributed by atoms with Crippen LogP contribution in [0.1, 0.15) is 18.9 Å². The van der Waals surface area contributed by atoms with Gasteiger partial charge in [0.1, 0.15) is 0 Å². The number of rotatable bonds is 2. The molecule has 0 atom stereocenters. The minimum atomic E-state index is -0.410. The molecule has 0 radical (unpaired) electrons. The number of halogens is 1. The Balaban J connectivity index is 2.28. The second kappa shape index (κ2) is 4.75. The van der Waals surface area contributed by atoms with E-state index >= 15 is 0 Å². The van der Waals surface area contributed by atoms with E-state index in [4.69, 9.17) is 11.6 Å². The quantitative estimate of drug-likeness (QED) is 0.878. The highest BCUT2D eigenvalue weighted by atomic mass is 35.5. The van der Waals surface area contributed by atoms with Crippen molar-refractivity contribution in [1.82, 2.24) is 5.32 Å². The van der Waals surface area contributed by atoms with Crippen LogP contribution in [0.25, 0.3) is 0 Å². The van der Waals surface area contributed by atoms with E-state index in [-0.39, 0.29) is 5.91 Å². The van der Waals surface area contributed by atoms with E-state index in [1.54, 1.807) is 0 Å². The summed E-state index contributed by atoms with van der Waals surface area (Å²) in [5, 5.41) is 2.81. The summed E-state index contributed by atoms with van der Waals surface area (Å²) in [6, 6.07) is 5.19. The lowest BCUT2D eigenvalue weighted by Crippen LogP contribution is -2.49. The number of aryl methyl sites for hydroxylation is 1. The van der Waals surface area contributed by atoms with Gasteiger partial charge >= 0.3 is 6.03 Å². The van der Waals surface area contributed by atoms with Crippen molar-refractivity contribution in [3.63, 3.8) is 0 Å². The zero-order valence-corrected chi connectivity index (χ0v) is 10.3. The number of anilines is 1. The number of carbonyl (C=O) groups excluding carboxylic acids is 2. The molecular weight excluding hydrogens is 240 g/mol. The number of carbonyl (C=O) groups is 2. The number of nitrogens with zero attached hydrogens (tertiary/aromatic N) is 1. The normalized spacial score (nSPS) is 16.0. The van der Waals surface area contributed by atoms with Crippen LogP contribution in [0.5, 0.6) is 0 Å². The van der Waals surface area contributed by atoms with Crippen LogP contribution in [0.3, 0.4) is 0 Å². The van der Waals surface area contributed by atoms with Gasteiger partial charge in [-0.05, 0) is 24.1 Å². The second-order valence-corrected chi connectivity index (χ2v) is 4.30. The first-order valence-electron chi connectivity index (χ1n) is 5.51. The molecule has 4 nitrogen and oxygen atoms in total. The van der Waals surface area contributed by atoms with Gasteiger partial charge in [0.2, 0.25) is 5.91 Å². The standard InChI is InChI=1S/C12H13ClN2O2/c1-2-8-3-4-10(9(13)7-8)15-6-5-11(16)14-12(15)17/h3-4,7H,2,5-6H2,1H3,(H,14,16,17). The molecule has 0 unspecified atom stereocenters. The van der Waals surface area contributed by atoms with Crippen LogP contribution in [0, 0.1) is 0 Å². The fourth-order valence-electron chi connectivity index (χ4n) is 1.78. The Labute approximate surface area is 105 Å². The van der Waals surface area contributed by atoms with E-state index in [2.05, 4.69) is 5.32 Å². The third kappa shape index (κ3) is 2.42. The highest BCUT2D eigenvalue weighted by Crippen LogP contribution is 2.28. The van der Waals surface area contributed by atoms with Crippen LogP contribution in [0.15, 0.2) is 18.2 Å². The Bertz CT molecular complexity index is 474. The SMILES string of the molecule is CCc1ccc(N2CCC(=O)NC2=O)c(Cl)c1. The summed E-state index contributed by atoms with van der Waals surface area (Å²) >= 11 is 6.14. The van der Waals surface area contributed by atoms with Gasteiger partial charge in [-0.2, -0.15) is 0 Å². The number of hydrogen-bond donors (Lipinski definition) is 1. The van der Waals surface area contributed by atoms with Gasteiger partial charge in [0.25, 0.3) is 0 Å². The Morgan fingerprint density at radius 3 is 2.76 bits per heavy atom. The molecule has 1 aromatic rings. The Kier molecular flexibility index (Phi) is 3.33. The first-order valence-corrected chi connectivity index (χ1v) is 5.89. The molecule has 2 rings (SSSR count). The molecule has 1 aliphatic rings. The predicted molar refractivity (Wildman–Crippen MR) is 66.3 cm³/mol. The molecule has 0 aromatic heterocycles. The molecule has 0 saturated carbocycles. The molecule has 1 saturated heterocycles. The molecule has 0 bridgehead atoms. The smallest absolute Gasteiger partial charge is 0.292 e. The lowest BCUT2D eigenvalue weighted by molar-refractivity contribution is -0.120. The number of imide groups is 1. The summed E-state index contributed by atoms with van der Waals surface area (Å²) in [6.45, 7) is 2.41. The van der Waals surface area contributed by atoms with Crippen molar-refractivity contribution in [3.05, 3.63) is 28.8 Å². The van der Waals surface area contributed by atoms with Gasteiger partial charge in [0.05, 0.1) is 10.7 Å². The Hall–Kier alpha value is -1.55. The Morgan fingerprint density at radius 1 is 1.41 bits per heavy atom. The van der Waals surface area contributed by atoms with Crippen molar-refractivity contribution < 1.29 is 9.59 Å². The largest absolute Gasteiger partial charge is 0.328 e. The third-order valence-corrected chi connectivity index (χ3v) is 3.07. The monoisotopic (exact) mass is 252 g/mol. The maximum atomic E-state index is 11.6. The van der Waals surface area contributed by atoms with Gasteiger partial charge < -0.3 is 0 Å². The van der Waals surface area contributed by atoms with E-state index in [0.717, 1.165) is 12.0 Å². The molecule has 3 amide bonds. The lowest BCUT2D eigenvalue weighted by atomic mass is 10.1. The van der Waals surface area contributed by atoms with E-state index in [1.807, 2.05) is 25.1 Å². The summed E-state index contributed by atoms with van der Waals surface area (Å²) in [7, 11) is 0. The predicted octanol–water partition coefficient (Wildman–Crippen LogP) is 2.35. The molecule has 1 aromatic carbocycles. The summed E-state index contributed by atoms with van der Waals surface area (Å²) in [4.78, 5) is 24.2. The number of urea groups is 1. The van der Waals surface area contributed by atoms with Gasteiger partial charge in [-0.3, -0.25) is 15.0 Å². The zero-order valence-electron chi connectivity index (χ0n) is 9.50. The molecule has 1 fully saturated rings. The first-order chi connectivity index (χ1) is 8.11. The van der Waals surface area contributed by atoms with Crippen LogP contribution in [-0.4, -0.2) is 18.5 Å².